The van der Waals surface area contributed by atoms with E-state index < -0.39 is 0 Å². The summed E-state index contributed by atoms with van der Waals surface area (Å²) in [5, 5.41) is 39.6. The second-order valence-corrected chi connectivity index (χ2v) is 5.52. The van der Waals surface area contributed by atoms with E-state index in [1.807, 2.05) is 16.7 Å². The topological polar surface area (TPSA) is 84.8 Å². The molecule has 5 nitrogen and oxygen atoms in total. The van der Waals surface area contributed by atoms with Crippen LogP contribution in [0.3, 0.4) is 0 Å². The van der Waals surface area contributed by atoms with Gasteiger partial charge in [-0.25, -0.2) is 0 Å². The van der Waals surface area contributed by atoms with E-state index in [-0.39, 0.29) is 23.0 Å². The van der Waals surface area contributed by atoms with Crippen LogP contribution in [0, 0.1) is 0 Å². The number of phenolic OH excluding ortho intramolecular Hbond substituents is 4. The molecule has 0 saturated carbocycles. The molecule has 0 atom stereocenters. The van der Waals surface area contributed by atoms with Crippen molar-refractivity contribution in [3.63, 3.8) is 0 Å². The van der Waals surface area contributed by atoms with Gasteiger partial charge >= 0.3 is 0 Å². The van der Waals surface area contributed by atoms with Crippen molar-refractivity contribution in [2.45, 2.75) is 13.0 Å². The Morgan fingerprint density at radius 1 is 0.773 bits per heavy atom. The van der Waals surface area contributed by atoms with E-state index in [4.69, 9.17) is 0 Å². The Hall–Kier alpha value is -2.95. The van der Waals surface area contributed by atoms with Crippen LogP contribution < -0.4 is 4.57 Å². The molecular formula is C17H14NO4+. The minimum atomic E-state index is -0.159. The zero-order valence-electron chi connectivity index (χ0n) is 11.6. The number of pyridine rings is 1. The summed E-state index contributed by atoms with van der Waals surface area (Å²) in [5.41, 5.74) is 3.54. The molecule has 1 aliphatic heterocycles. The molecule has 0 spiro atoms. The average molecular weight is 296 g/mol. The summed E-state index contributed by atoms with van der Waals surface area (Å²) < 4.78 is 2.04. The van der Waals surface area contributed by atoms with Gasteiger partial charge in [-0.3, -0.25) is 0 Å². The molecule has 4 rings (SSSR count). The van der Waals surface area contributed by atoms with Gasteiger partial charge in [0.15, 0.2) is 29.5 Å². The van der Waals surface area contributed by atoms with E-state index in [9.17, 15) is 20.4 Å². The number of benzene rings is 2. The molecule has 22 heavy (non-hydrogen) atoms. The molecular weight excluding hydrogens is 282 g/mol. The molecule has 5 heteroatoms. The lowest BCUT2D eigenvalue weighted by molar-refractivity contribution is -0.661. The summed E-state index contributed by atoms with van der Waals surface area (Å²) in [5.74, 6) is -0.573. The predicted octanol–water partition coefficient (Wildman–Crippen LogP) is 2.17. The van der Waals surface area contributed by atoms with Crippen LogP contribution in [0.15, 0.2) is 36.4 Å². The Morgan fingerprint density at radius 3 is 2.27 bits per heavy atom. The number of phenols is 4. The monoisotopic (exact) mass is 296 g/mol. The summed E-state index contributed by atoms with van der Waals surface area (Å²) in [6.45, 7) is 0.689. The van der Waals surface area contributed by atoms with Gasteiger partial charge in [0.2, 0.25) is 11.2 Å². The van der Waals surface area contributed by atoms with Crippen molar-refractivity contribution in [1.82, 2.24) is 0 Å². The summed E-state index contributed by atoms with van der Waals surface area (Å²) >= 11 is 0. The second-order valence-electron chi connectivity index (χ2n) is 5.52. The van der Waals surface area contributed by atoms with Gasteiger partial charge in [0.05, 0.1) is 17.0 Å². The molecule has 0 fully saturated rings. The van der Waals surface area contributed by atoms with Crippen LogP contribution in [-0.2, 0) is 13.0 Å². The van der Waals surface area contributed by atoms with Crippen LogP contribution in [0.5, 0.6) is 23.0 Å². The summed E-state index contributed by atoms with van der Waals surface area (Å²) in [7, 11) is 0. The first kappa shape index (κ1) is 12.8. The van der Waals surface area contributed by atoms with Gasteiger partial charge in [-0.05, 0) is 29.8 Å². The number of hydrogen-bond donors (Lipinski definition) is 4. The highest BCUT2D eigenvalue weighted by Gasteiger charge is 2.27. The molecule has 2 heterocycles. The van der Waals surface area contributed by atoms with E-state index in [1.165, 1.54) is 6.07 Å². The quantitative estimate of drug-likeness (QED) is 0.378. The molecule has 0 radical (unpaired) electrons. The third-order valence-electron chi connectivity index (χ3n) is 4.21. The minimum absolute atomic E-state index is 0.115. The zero-order valence-corrected chi connectivity index (χ0v) is 11.6. The molecule has 0 unspecified atom stereocenters. The predicted molar refractivity (Wildman–Crippen MR) is 79.9 cm³/mol. The molecule has 0 amide bonds. The Labute approximate surface area is 126 Å². The van der Waals surface area contributed by atoms with Crippen molar-refractivity contribution in [1.29, 1.82) is 0 Å². The van der Waals surface area contributed by atoms with Crippen LogP contribution in [0.4, 0.5) is 0 Å². The average Bonchev–Trinajstić information content (AvgIpc) is 2.49. The standard InChI is InChI=1S/C17H13NO4/c19-14-5-9-3-4-18-12(11(9)7-16(14)21)2-1-10-6-15(20)17(22)8-13(10)18/h1-2,5-8H,3-4H2,(H3,19,20,21,22)/p+1. The van der Waals surface area contributed by atoms with E-state index in [0.29, 0.717) is 13.0 Å². The fourth-order valence-electron chi connectivity index (χ4n) is 3.11. The van der Waals surface area contributed by atoms with Gasteiger partial charge in [0.25, 0.3) is 0 Å². The van der Waals surface area contributed by atoms with Gasteiger partial charge in [-0.1, -0.05) is 0 Å². The molecule has 3 aromatic rings. The Bertz CT molecular complexity index is 934. The normalized spacial score (nSPS) is 12.9. The fraction of sp³-hybridized carbons (Fsp3) is 0.118. The summed E-state index contributed by atoms with van der Waals surface area (Å²) in [6.07, 6.45) is 0.710. The number of aromatic hydroxyl groups is 4. The highest BCUT2D eigenvalue weighted by molar-refractivity contribution is 5.82. The van der Waals surface area contributed by atoms with Crippen molar-refractivity contribution >= 4 is 10.9 Å². The number of fused-ring (bicyclic) bond motifs is 5. The van der Waals surface area contributed by atoms with Crippen molar-refractivity contribution < 1.29 is 25.0 Å². The molecule has 1 aliphatic rings. The van der Waals surface area contributed by atoms with Crippen molar-refractivity contribution in [2.24, 2.45) is 0 Å². The van der Waals surface area contributed by atoms with Crippen LogP contribution in [0.1, 0.15) is 5.56 Å². The van der Waals surface area contributed by atoms with Crippen LogP contribution in [0.2, 0.25) is 0 Å². The van der Waals surface area contributed by atoms with Crippen LogP contribution in [-0.4, -0.2) is 20.4 Å². The number of aromatic nitrogens is 1. The van der Waals surface area contributed by atoms with E-state index in [1.54, 1.807) is 18.2 Å². The Morgan fingerprint density at radius 2 is 1.45 bits per heavy atom. The lowest BCUT2D eigenvalue weighted by Crippen LogP contribution is -2.41. The molecule has 110 valence electrons. The highest BCUT2D eigenvalue weighted by atomic mass is 16.3. The van der Waals surface area contributed by atoms with Crippen LogP contribution >= 0.6 is 0 Å². The van der Waals surface area contributed by atoms with Gasteiger partial charge in [0, 0.05) is 12.5 Å². The largest absolute Gasteiger partial charge is 0.504 e. The van der Waals surface area contributed by atoms with E-state index in [2.05, 4.69) is 0 Å². The third-order valence-corrected chi connectivity index (χ3v) is 4.21. The lowest BCUT2D eigenvalue weighted by Gasteiger charge is -2.17. The van der Waals surface area contributed by atoms with Crippen molar-refractivity contribution in [3.8, 4) is 34.3 Å². The maximum absolute atomic E-state index is 9.76. The van der Waals surface area contributed by atoms with Gasteiger partial charge in [-0.15, -0.1) is 0 Å². The van der Waals surface area contributed by atoms with Gasteiger partial charge in [0.1, 0.15) is 0 Å². The first-order valence-corrected chi connectivity index (χ1v) is 6.98. The Kier molecular flexibility index (Phi) is 2.48. The maximum Gasteiger partial charge on any atom is 0.217 e. The van der Waals surface area contributed by atoms with E-state index >= 15 is 0 Å². The van der Waals surface area contributed by atoms with Gasteiger partial charge in [-0.2, -0.15) is 4.57 Å². The summed E-state index contributed by atoms with van der Waals surface area (Å²) in [6, 6.07) is 9.99. The molecule has 0 saturated heterocycles. The first-order valence-electron chi connectivity index (χ1n) is 6.98. The Balaban J connectivity index is 2.04. The minimum Gasteiger partial charge on any atom is -0.504 e. The summed E-state index contributed by atoms with van der Waals surface area (Å²) in [4.78, 5) is 0. The van der Waals surface area contributed by atoms with Gasteiger partial charge < -0.3 is 20.4 Å². The number of nitrogens with zero attached hydrogens (tertiary/aromatic N) is 1. The molecule has 2 aromatic carbocycles. The molecule has 1 aromatic heterocycles. The highest BCUT2D eigenvalue weighted by Crippen LogP contribution is 2.37. The van der Waals surface area contributed by atoms with E-state index in [0.717, 1.165) is 27.7 Å². The maximum atomic E-state index is 9.76. The van der Waals surface area contributed by atoms with Crippen LogP contribution in [0.25, 0.3) is 22.2 Å². The lowest BCUT2D eigenvalue weighted by atomic mass is 9.95. The molecule has 0 aliphatic carbocycles. The molecule has 0 bridgehead atoms. The number of rotatable bonds is 0. The van der Waals surface area contributed by atoms with Crippen molar-refractivity contribution in [3.05, 3.63) is 42.0 Å². The molecule has 4 N–H and O–H groups in total. The third kappa shape index (κ3) is 1.69. The fourth-order valence-corrected chi connectivity index (χ4v) is 3.11. The smallest absolute Gasteiger partial charge is 0.217 e. The number of hydrogen-bond acceptors (Lipinski definition) is 4. The zero-order chi connectivity index (χ0) is 15.4. The second kappa shape index (κ2) is 4.27. The SMILES string of the molecule is Oc1cc2c(cc1O)-c1ccc3cc(O)c(O)cc3[n+]1CC2. The van der Waals surface area contributed by atoms with Crippen molar-refractivity contribution in [2.75, 3.05) is 0 Å². The number of aryl methyl sites for hydroxylation is 2. The first-order chi connectivity index (χ1) is 10.5.